The fourth-order valence-corrected chi connectivity index (χ4v) is 2.55. The molecule has 2 saturated heterocycles. The minimum Gasteiger partial charge on any atom is -0.481 e. The number of urea groups is 1. The molecule has 102 valence electrons. The Morgan fingerprint density at radius 3 is 2.78 bits per heavy atom. The average Bonchev–Trinajstić information content (AvgIpc) is 2.98. The van der Waals surface area contributed by atoms with Gasteiger partial charge < -0.3 is 19.6 Å². The molecule has 18 heavy (non-hydrogen) atoms. The Hall–Kier alpha value is -1.30. The first kappa shape index (κ1) is 13.1. The lowest BCUT2D eigenvalue weighted by molar-refractivity contribution is -0.141. The number of carbonyl (C=O) groups excluding carboxylic acids is 1. The SMILES string of the molecule is CN(CC1CCCO1)C(=O)N1CCC(C(=O)O)C1. The zero-order valence-electron chi connectivity index (χ0n) is 10.7. The highest BCUT2D eigenvalue weighted by Crippen LogP contribution is 2.19. The van der Waals surface area contributed by atoms with Crippen molar-refractivity contribution in [1.82, 2.24) is 9.80 Å². The second kappa shape index (κ2) is 5.56. The molecule has 2 amide bonds. The zero-order chi connectivity index (χ0) is 13.1. The number of likely N-dealkylation sites (tertiary alicyclic amines) is 1. The van der Waals surface area contributed by atoms with E-state index in [1.54, 1.807) is 16.8 Å². The molecule has 0 aromatic carbocycles. The van der Waals surface area contributed by atoms with Crippen LogP contribution in [-0.2, 0) is 9.53 Å². The lowest BCUT2D eigenvalue weighted by Crippen LogP contribution is -2.43. The van der Waals surface area contributed by atoms with Gasteiger partial charge in [-0.15, -0.1) is 0 Å². The third-order valence-electron chi connectivity index (χ3n) is 3.64. The average molecular weight is 256 g/mol. The van der Waals surface area contributed by atoms with Crippen molar-refractivity contribution in [2.75, 3.05) is 33.3 Å². The van der Waals surface area contributed by atoms with Crippen molar-refractivity contribution >= 4 is 12.0 Å². The Bertz CT molecular complexity index is 328. The quantitative estimate of drug-likeness (QED) is 0.803. The molecule has 6 nitrogen and oxygen atoms in total. The summed E-state index contributed by atoms with van der Waals surface area (Å²) in [4.78, 5) is 26.2. The van der Waals surface area contributed by atoms with Crippen LogP contribution in [0.5, 0.6) is 0 Å². The van der Waals surface area contributed by atoms with E-state index in [0.717, 1.165) is 19.4 Å². The number of nitrogens with zero attached hydrogens (tertiary/aromatic N) is 2. The smallest absolute Gasteiger partial charge is 0.319 e. The molecule has 0 aliphatic carbocycles. The standard InChI is InChI=1S/C12H20N2O4/c1-13(8-10-3-2-6-18-10)12(17)14-5-4-9(7-14)11(15)16/h9-10H,2-8H2,1H3,(H,15,16). The molecule has 0 saturated carbocycles. The third-order valence-corrected chi connectivity index (χ3v) is 3.64. The predicted molar refractivity (Wildman–Crippen MR) is 64.3 cm³/mol. The molecular formula is C12H20N2O4. The molecular weight excluding hydrogens is 236 g/mol. The van der Waals surface area contributed by atoms with Crippen LogP contribution in [0.25, 0.3) is 0 Å². The molecule has 1 N–H and O–H groups in total. The highest BCUT2D eigenvalue weighted by Gasteiger charge is 2.32. The second-order valence-electron chi connectivity index (χ2n) is 5.07. The van der Waals surface area contributed by atoms with Crippen LogP contribution in [-0.4, -0.2) is 66.3 Å². The van der Waals surface area contributed by atoms with Gasteiger partial charge in [-0.3, -0.25) is 4.79 Å². The van der Waals surface area contributed by atoms with Crippen LogP contribution >= 0.6 is 0 Å². The van der Waals surface area contributed by atoms with Gasteiger partial charge in [0.05, 0.1) is 12.0 Å². The molecule has 2 aliphatic rings. The van der Waals surface area contributed by atoms with Gasteiger partial charge in [0.1, 0.15) is 0 Å². The Morgan fingerprint density at radius 2 is 2.22 bits per heavy atom. The summed E-state index contributed by atoms with van der Waals surface area (Å²) in [5.74, 6) is -1.22. The van der Waals surface area contributed by atoms with Crippen LogP contribution in [0, 0.1) is 5.92 Å². The van der Waals surface area contributed by atoms with E-state index in [2.05, 4.69) is 0 Å². The molecule has 0 spiro atoms. The van der Waals surface area contributed by atoms with Gasteiger partial charge >= 0.3 is 12.0 Å². The van der Waals surface area contributed by atoms with Gasteiger partial charge in [0.25, 0.3) is 0 Å². The van der Waals surface area contributed by atoms with Crippen LogP contribution < -0.4 is 0 Å². The van der Waals surface area contributed by atoms with Crippen molar-refractivity contribution in [2.24, 2.45) is 5.92 Å². The van der Waals surface area contributed by atoms with Crippen LogP contribution in [0.15, 0.2) is 0 Å². The lowest BCUT2D eigenvalue weighted by Gasteiger charge is -2.26. The van der Waals surface area contributed by atoms with Crippen molar-refractivity contribution < 1.29 is 19.4 Å². The predicted octanol–water partition coefficient (Wildman–Crippen LogP) is 0.624. The first-order chi connectivity index (χ1) is 8.58. The molecule has 0 aromatic rings. The van der Waals surface area contributed by atoms with Gasteiger partial charge in [0.2, 0.25) is 0 Å². The van der Waals surface area contributed by atoms with Gasteiger partial charge in [-0.2, -0.15) is 0 Å². The summed E-state index contributed by atoms with van der Waals surface area (Å²) in [6.07, 6.45) is 2.73. The van der Waals surface area contributed by atoms with Crippen LogP contribution in [0.1, 0.15) is 19.3 Å². The van der Waals surface area contributed by atoms with Crippen molar-refractivity contribution in [2.45, 2.75) is 25.4 Å². The summed E-state index contributed by atoms with van der Waals surface area (Å²) >= 11 is 0. The molecule has 0 aromatic heterocycles. The molecule has 2 aliphatic heterocycles. The van der Waals surface area contributed by atoms with E-state index in [9.17, 15) is 9.59 Å². The fourth-order valence-electron chi connectivity index (χ4n) is 2.55. The molecule has 2 unspecified atom stereocenters. The number of rotatable bonds is 3. The van der Waals surface area contributed by atoms with Crippen molar-refractivity contribution in [3.8, 4) is 0 Å². The van der Waals surface area contributed by atoms with Crippen molar-refractivity contribution in [1.29, 1.82) is 0 Å². The Morgan fingerprint density at radius 1 is 1.44 bits per heavy atom. The number of hydrogen-bond donors (Lipinski definition) is 1. The first-order valence-corrected chi connectivity index (χ1v) is 6.42. The maximum absolute atomic E-state index is 12.1. The molecule has 2 heterocycles. The second-order valence-corrected chi connectivity index (χ2v) is 5.07. The minimum absolute atomic E-state index is 0.0887. The summed E-state index contributed by atoms with van der Waals surface area (Å²) in [5, 5.41) is 8.91. The van der Waals surface area contributed by atoms with Gasteiger partial charge in [0.15, 0.2) is 0 Å². The summed E-state index contributed by atoms with van der Waals surface area (Å²) in [6.45, 7) is 2.22. The summed E-state index contributed by atoms with van der Waals surface area (Å²) < 4.78 is 5.49. The lowest BCUT2D eigenvalue weighted by atomic mass is 10.1. The van der Waals surface area contributed by atoms with E-state index >= 15 is 0 Å². The van der Waals surface area contributed by atoms with E-state index in [1.807, 2.05) is 0 Å². The van der Waals surface area contributed by atoms with Gasteiger partial charge in [-0.05, 0) is 19.3 Å². The Labute approximate surface area is 106 Å². The summed E-state index contributed by atoms with van der Waals surface area (Å²) in [7, 11) is 1.75. The minimum atomic E-state index is -0.813. The maximum Gasteiger partial charge on any atom is 0.319 e. The topological polar surface area (TPSA) is 70.1 Å². The van der Waals surface area contributed by atoms with E-state index in [4.69, 9.17) is 9.84 Å². The van der Waals surface area contributed by atoms with Crippen molar-refractivity contribution in [3.63, 3.8) is 0 Å². The summed E-state index contributed by atoms with van der Waals surface area (Å²) in [6, 6.07) is -0.0887. The number of hydrogen-bond acceptors (Lipinski definition) is 3. The normalized spacial score (nSPS) is 27.5. The molecule has 2 atom stereocenters. The molecule has 0 bridgehead atoms. The number of amides is 2. The number of carboxylic acid groups (broad SMARTS) is 1. The fraction of sp³-hybridized carbons (Fsp3) is 0.833. The highest BCUT2D eigenvalue weighted by atomic mass is 16.5. The van der Waals surface area contributed by atoms with Gasteiger partial charge in [-0.25, -0.2) is 4.79 Å². The zero-order valence-corrected chi connectivity index (χ0v) is 10.7. The van der Waals surface area contributed by atoms with E-state index in [0.29, 0.717) is 26.1 Å². The molecule has 0 radical (unpaired) electrons. The van der Waals surface area contributed by atoms with E-state index in [1.165, 1.54) is 0 Å². The maximum atomic E-state index is 12.1. The monoisotopic (exact) mass is 256 g/mol. The Kier molecular flexibility index (Phi) is 4.06. The number of likely N-dealkylation sites (N-methyl/N-ethyl adjacent to an activating group) is 1. The van der Waals surface area contributed by atoms with Crippen LogP contribution in [0.3, 0.4) is 0 Å². The summed E-state index contributed by atoms with van der Waals surface area (Å²) in [5.41, 5.74) is 0. The third kappa shape index (κ3) is 2.93. The number of aliphatic carboxylic acids is 1. The largest absolute Gasteiger partial charge is 0.481 e. The van der Waals surface area contributed by atoms with Crippen LogP contribution in [0.2, 0.25) is 0 Å². The Balaban J connectivity index is 1.81. The van der Waals surface area contributed by atoms with Gasteiger partial charge in [-0.1, -0.05) is 0 Å². The van der Waals surface area contributed by atoms with E-state index < -0.39 is 11.9 Å². The molecule has 6 heteroatoms. The van der Waals surface area contributed by atoms with Gasteiger partial charge in [0, 0.05) is 33.3 Å². The number of carboxylic acids is 1. The number of ether oxygens (including phenoxy) is 1. The number of carbonyl (C=O) groups is 2. The molecule has 2 rings (SSSR count). The molecule has 2 fully saturated rings. The van der Waals surface area contributed by atoms with E-state index in [-0.39, 0.29) is 12.1 Å². The highest BCUT2D eigenvalue weighted by molar-refractivity contribution is 5.77. The first-order valence-electron chi connectivity index (χ1n) is 6.42. The van der Waals surface area contributed by atoms with Crippen LogP contribution in [0.4, 0.5) is 4.79 Å². The van der Waals surface area contributed by atoms with Crippen molar-refractivity contribution in [3.05, 3.63) is 0 Å².